The average Bonchev–Trinajstić information content (AvgIpc) is 2.94. The Morgan fingerprint density at radius 2 is 1.67 bits per heavy atom. The molecule has 2 aliphatic carbocycles. The first kappa shape index (κ1) is 15.8. The summed E-state index contributed by atoms with van der Waals surface area (Å²) in [6.45, 7) is 8.79. The monoisotopic (exact) mass is 294 g/mol. The molecular formula is C18H34N2O. The standard InChI is InChI=1S/C18H34N2O/c1-16(2)21-13-12-20-15-17(8-4-3-5-9-17)19-14-18(20)10-6-7-11-18/h16,19H,3-15H2,1-2H3. The summed E-state index contributed by atoms with van der Waals surface area (Å²) in [7, 11) is 0. The van der Waals surface area contributed by atoms with E-state index in [1.165, 1.54) is 70.9 Å². The van der Waals surface area contributed by atoms with Gasteiger partial charge >= 0.3 is 0 Å². The molecule has 1 N–H and O–H groups in total. The van der Waals surface area contributed by atoms with Gasteiger partial charge in [0.2, 0.25) is 0 Å². The molecule has 0 atom stereocenters. The third kappa shape index (κ3) is 3.46. The Bertz CT molecular complexity index is 330. The van der Waals surface area contributed by atoms with Gasteiger partial charge in [0.15, 0.2) is 0 Å². The molecule has 3 heteroatoms. The summed E-state index contributed by atoms with van der Waals surface area (Å²) < 4.78 is 5.86. The number of rotatable bonds is 4. The largest absolute Gasteiger partial charge is 0.377 e. The molecular weight excluding hydrogens is 260 g/mol. The summed E-state index contributed by atoms with van der Waals surface area (Å²) in [5, 5.41) is 4.01. The smallest absolute Gasteiger partial charge is 0.0597 e. The van der Waals surface area contributed by atoms with Gasteiger partial charge < -0.3 is 10.1 Å². The molecule has 1 aliphatic heterocycles. The molecule has 21 heavy (non-hydrogen) atoms. The lowest BCUT2D eigenvalue weighted by Crippen LogP contribution is -2.70. The van der Waals surface area contributed by atoms with Gasteiger partial charge in [0, 0.05) is 30.7 Å². The van der Waals surface area contributed by atoms with Crippen LogP contribution in [0.5, 0.6) is 0 Å². The van der Waals surface area contributed by atoms with Gasteiger partial charge in [0.1, 0.15) is 0 Å². The van der Waals surface area contributed by atoms with Crippen LogP contribution in [0.4, 0.5) is 0 Å². The van der Waals surface area contributed by atoms with E-state index in [0.29, 0.717) is 17.2 Å². The molecule has 3 aliphatic rings. The molecule has 3 rings (SSSR count). The van der Waals surface area contributed by atoms with Crippen molar-refractivity contribution in [3.8, 4) is 0 Å². The van der Waals surface area contributed by atoms with Crippen LogP contribution in [0, 0.1) is 0 Å². The minimum absolute atomic E-state index is 0.357. The van der Waals surface area contributed by atoms with Crippen molar-refractivity contribution in [1.82, 2.24) is 10.2 Å². The molecule has 0 radical (unpaired) electrons. The van der Waals surface area contributed by atoms with Gasteiger partial charge in [-0.05, 0) is 39.5 Å². The van der Waals surface area contributed by atoms with Crippen molar-refractivity contribution in [1.29, 1.82) is 0 Å². The zero-order chi connectivity index (χ0) is 14.8. The quantitative estimate of drug-likeness (QED) is 0.861. The normalized spacial score (nSPS) is 28.7. The molecule has 0 amide bonds. The van der Waals surface area contributed by atoms with Gasteiger partial charge in [0.05, 0.1) is 12.7 Å². The predicted octanol–water partition coefficient (Wildman–Crippen LogP) is 3.33. The third-order valence-electron chi connectivity index (χ3n) is 6.11. The highest BCUT2D eigenvalue weighted by molar-refractivity contribution is 5.07. The van der Waals surface area contributed by atoms with Crippen molar-refractivity contribution in [2.45, 2.75) is 88.8 Å². The van der Waals surface area contributed by atoms with Crippen LogP contribution >= 0.6 is 0 Å². The number of hydrogen-bond donors (Lipinski definition) is 1. The van der Waals surface area contributed by atoms with Crippen LogP contribution in [-0.4, -0.2) is 48.3 Å². The van der Waals surface area contributed by atoms with Crippen molar-refractivity contribution < 1.29 is 4.74 Å². The summed E-state index contributed by atoms with van der Waals surface area (Å²) in [6, 6.07) is 0. The Hall–Kier alpha value is -0.120. The summed E-state index contributed by atoms with van der Waals surface area (Å²) in [5.74, 6) is 0. The van der Waals surface area contributed by atoms with Crippen LogP contribution < -0.4 is 5.32 Å². The number of nitrogens with one attached hydrogen (secondary N) is 1. The number of piperazine rings is 1. The van der Waals surface area contributed by atoms with Crippen LogP contribution in [0.3, 0.4) is 0 Å². The van der Waals surface area contributed by atoms with Crippen LogP contribution in [-0.2, 0) is 4.74 Å². The van der Waals surface area contributed by atoms with Gasteiger partial charge in [-0.15, -0.1) is 0 Å². The first-order valence-electron chi connectivity index (χ1n) is 9.26. The molecule has 0 aromatic carbocycles. The van der Waals surface area contributed by atoms with Gasteiger partial charge in [-0.25, -0.2) is 0 Å². The maximum atomic E-state index is 5.86. The second-order valence-corrected chi connectivity index (χ2v) is 7.97. The molecule has 0 unspecified atom stereocenters. The molecule has 0 aromatic heterocycles. The van der Waals surface area contributed by atoms with Crippen LogP contribution in [0.2, 0.25) is 0 Å². The van der Waals surface area contributed by atoms with Gasteiger partial charge in [-0.3, -0.25) is 4.90 Å². The molecule has 0 aromatic rings. The molecule has 2 saturated carbocycles. The fourth-order valence-electron chi connectivity index (χ4n) is 4.86. The van der Waals surface area contributed by atoms with Crippen LogP contribution in [0.1, 0.15) is 71.6 Å². The molecule has 2 spiro atoms. The van der Waals surface area contributed by atoms with Gasteiger partial charge in [-0.2, -0.15) is 0 Å². The zero-order valence-corrected chi connectivity index (χ0v) is 14.1. The van der Waals surface area contributed by atoms with E-state index in [1.54, 1.807) is 0 Å². The first-order chi connectivity index (χ1) is 10.1. The fraction of sp³-hybridized carbons (Fsp3) is 1.00. The Morgan fingerprint density at radius 1 is 1.00 bits per heavy atom. The maximum absolute atomic E-state index is 5.86. The summed E-state index contributed by atoms with van der Waals surface area (Å²) in [6.07, 6.45) is 13.0. The molecule has 3 nitrogen and oxygen atoms in total. The van der Waals surface area contributed by atoms with Crippen molar-refractivity contribution in [3.63, 3.8) is 0 Å². The second kappa shape index (κ2) is 6.55. The summed E-state index contributed by atoms with van der Waals surface area (Å²) in [4.78, 5) is 2.82. The van der Waals surface area contributed by atoms with Gasteiger partial charge in [0.25, 0.3) is 0 Å². The molecule has 0 bridgehead atoms. The predicted molar refractivity (Wildman–Crippen MR) is 87.7 cm³/mol. The van der Waals surface area contributed by atoms with Crippen LogP contribution in [0.25, 0.3) is 0 Å². The van der Waals surface area contributed by atoms with Crippen molar-refractivity contribution in [3.05, 3.63) is 0 Å². The van der Waals surface area contributed by atoms with E-state index in [9.17, 15) is 0 Å². The lowest BCUT2D eigenvalue weighted by atomic mass is 9.76. The van der Waals surface area contributed by atoms with E-state index in [0.717, 1.165) is 13.2 Å². The molecule has 122 valence electrons. The Balaban J connectivity index is 1.66. The second-order valence-electron chi connectivity index (χ2n) is 7.97. The summed E-state index contributed by atoms with van der Waals surface area (Å²) >= 11 is 0. The van der Waals surface area contributed by atoms with E-state index in [-0.39, 0.29) is 0 Å². The Labute approximate surface area is 130 Å². The molecule has 1 saturated heterocycles. The highest BCUT2D eigenvalue weighted by Crippen LogP contribution is 2.41. The Morgan fingerprint density at radius 3 is 2.33 bits per heavy atom. The highest BCUT2D eigenvalue weighted by atomic mass is 16.5. The minimum atomic E-state index is 0.357. The number of nitrogens with zero attached hydrogens (tertiary/aromatic N) is 1. The van der Waals surface area contributed by atoms with E-state index in [4.69, 9.17) is 4.74 Å². The Kier molecular flexibility index (Phi) is 4.92. The number of ether oxygens (including phenoxy) is 1. The van der Waals surface area contributed by atoms with E-state index in [2.05, 4.69) is 24.1 Å². The molecule has 1 heterocycles. The fourth-order valence-corrected chi connectivity index (χ4v) is 4.86. The first-order valence-corrected chi connectivity index (χ1v) is 9.26. The maximum Gasteiger partial charge on any atom is 0.0597 e. The third-order valence-corrected chi connectivity index (χ3v) is 6.11. The van der Waals surface area contributed by atoms with E-state index >= 15 is 0 Å². The average molecular weight is 294 g/mol. The highest BCUT2D eigenvalue weighted by Gasteiger charge is 2.48. The number of hydrogen-bond acceptors (Lipinski definition) is 3. The van der Waals surface area contributed by atoms with Crippen molar-refractivity contribution in [2.24, 2.45) is 0 Å². The zero-order valence-electron chi connectivity index (χ0n) is 14.1. The lowest BCUT2D eigenvalue weighted by molar-refractivity contribution is -0.0308. The van der Waals surface area contributed by atoms with Gasteiger partial charge in [-0.1, -0.05) is 32.1 Å². The molecule has 3 fully saturated rings. The minimum Gasteiger partial charge on any atom is -0.377 e. The van der Waals surface area contributed by atoms with Crippen molar-refractivity contribution >= 4 is 0 Å². The summed E-state index contributed by atoms with van der Waals surface area (Å²) in [5.41, 5.74) is 0.868. The van der Waals surface area contributed by atoms with E-state index in [1.807, 2.05) is 0 Å². The van der Waals surface area contributed by atoms with E-state index < -0.39 is 0 Å². The SMILES string of the molecule is CC(C)OCCN1CC2(CCCCC2)NCC12CCCC2. The van der Waals surface area contributed by atoms with Crippen molar-refractivity contribution in [2.75, 3.05) is 26.2 Å². The topological polar surface area (TPSA) is 24.5 Å². The lowest BCUT2D eigenvalue weighted by Gasteiger charge is -2.55. The van der Waals surface area contributed by atoms with Crippen LogP contribution in [0.15, 0.2) is 0 Å².